The van der Waals surface area contributed by atoms with Crippen molar-refractivity contribution in [2.75, 3.05) is 7.05 Å². The number of thiophene rings is 1. The number of nitrogens with zero attached hydrogens (tertiary/aromatic N) is 3. The van der Waals surface area contributed by atoms with Crippen LogP contribution in [0.4, 0.5) is 0 Å². The zero-order valence-corrected chi connectivity index (χ0v) is 14.0. The quantitative estimate of drug-likeness (QED) is 0.756. The highest BCUT2D eigenvalue weighted by molar-refractivity contribution is 7.20. The van der Waals surface area contributed by atoms with Gasteiger partial charge in [-0.2, -0.15) is 5.10 Å². The summed E-state index contributed by atoms with van der Waals surface area (Å²) in [5, 5.41) is 7.29. The van der Waals surface area contributed by atoms with E-state index in [1.54, 1.807) is 20.2 Å². The third-order valence-corrected chi connectivity index (χ3v) is 4.81. The fraction of sp³-hybridized carbons (Fsp3) is 0.333. The maximum Gasteiger partial charge on any atom is 0.261 e. The Balaban J connectivity index is 1.94. The molecule has 0 radical (unpaired) electrons. The summed E-state index contributed by atoms with van der Waals surface area (Å²) in [5.41, 5.74) is 1.56. The second-order valence-corrected chi connectivity index (χ2v) is 6.36. The predicted molar refractivity (Wildman–Crippen MR) is 89.0 cm³/mol. The van der Waals surface area contributed by atoms with Gasteiger partial charge in [-0.3, -0.25) is 14.3 Å². The van der Waals surface area contributed by atoms with E-state index in [4.69, 9.17) is 0 Å². The highest BCUT2D eigenvalue weighted by atomic mass is 32.1. The standard InChI is InChI=1S/C15H17N5O2S/c1-8-6-17-20(7-8)5-4-10-18-13(21)11-9(2)12(14(22)16-3)23-15(11)19-10/h6-7H,4-5H2,1-3H3,(H,16,22)(H,18,19,21). The van der Waals surface area contributed by atoms with Gasteiger partial charge in [-0.15, -0.1) is 11.3 Å². The van der Waals surface area contributed by atoms with E-state index in [2.05, 4.69) is 20.4 Å². The summed E-state index contributed by atoms with van der Waals surface area (Å²) in [7, 11) is 1.57. The zero-order chi connectivity index (χ0) is 16.6. The highest BCUT2D eigenvalue weighted by Gasteiger charge is 2.18. The van der Waals surface area contributed by atoms with Crippen LogP contribution in [0, 0.1) is 13.8 Å². The summed E-state index contributed by atoms with van der Waals surface area (Å²) in [4.78, 5) is 32.6. The molecule has 0 aliphatic rings. The molecule has 0 bridgehead atoms. The Morgan fingerprint density at radius 2 is 2.22 bits per heavy atom. The summed E-state index contributed by atoms with van der Waals surface area (Å²) >= 11 is 1.25. The first-order valence-electron chi connectivity index (χ1n) is 7.23. The van der Waals surface area contributed by atoms with Crippen molar-refractivity contribution >= 4 is 27.5 Å². The first kappa shape index (κ1) is 15.4. The average molecular weight is 331 g/mol. The van der Waals surface area contributed by atoms with E-state index in [1.165, 1.54) is 11.3 Å². The lowest BCUT2D eigenvalue weighted by Crippen LogP contribution is -2.17. The smallest absolute Gasteiger partial charge is 0.261 e. The van der Waals surface area contributed by atoms with Gasteiger partial charge in [0, 0.05) is 26.2 Å². The number of aromatic nitrogens is 4. The minimum atomic E-state index is -0.203. The first-order chi connectivity index (χ1) is 11.0. The Hall–Kier alpha value is -2.48. The van der Waals surface area contributed by atoms with Crippen molar-refractivity contribution in [2.45, 2.75) is 26.8 Å². The molecule has 23 heavy (non-hydrogen) atoms. The van der Waals surface area contributed by atoms with E-state index in [0.29, 0.717) is 39.4 Å². The second kappa shape index (κ2) is 5.96. The molecule has 7 nitrogen and oxygen atoms in total. The highest BCUT2D eigenvalue weighted by Crippen LogP contribution is 2.26. The monoisotopic (exact) mass is 331 g/mol. The van der Waals surface area contributed by atoms with Crippen molar-refractivity contribution < 1.29 is 4.79 Å². The van der Waals surface area contributed by atoms with Crippen molar-refractivity contribution in [1.29, 1.82) is 0 Å². The molecule has 1 amide bonds. The Labute approximate surface area is 136 Å². The normalized spacial score (nSPS) is 11.1. The molecule has 0 atom stereocenters. The molecule has 0 aliphatic heterocycles. The number of fused-ring (bicyclic) bond motifs is 1. The average Bonchev–Trinajstić information content (AvgIpc) is 3.08. The Morgan fingerprint density at radius 1 is 1.43 bits per heavy atom. The van der Waals surface area contributed by atoms with E-state index < -0.39 is 0 Å². The second-order valence-electron chi connectivity index (χ2n) is 5.36. The number of hydrogen-bond donors (Lipinski definition) is 2. The predicted octanol–water partition coefficient (Wildman–Crippen LogP) is 1.40. The van der Waals surface area contributed by atoms with Crippen LogP contribution in [0.25, 0.3) is 10.2 Å². The lowest BCUT2D eigenvalue weighted by atomic mass is 10.2. The summed E-state index contributed by atoms with van der Waals surface area (Å²) in [5.74, 6) is 0.402. The first-order valence-corrected chi connectivity index (χ1v) is 8.04. The van der Waals surface area contributed by atoms with Gasteiger partial charge in [0.15, 0.2) is 0 Å². The maximum absolute atomic E-state index is 12.3. The molecule has 0 unspecified atom stereocenters. The SMILES string of the molecule is CNC(=O)c1sc2nc(CCn3cc(C)cn3)[nH]c(=O)c2c1C. The Bertz CT molecular complexity index is 937. The molecule has 2 N–H and O–H groups in total. The fourth-order valence-electron chi connectivity index (χ4n) is 2.45. The number of aryl methyl sites for hydroxylation is 4. The molecule has 3 rings (SSSR count). The molecule has 0 aromatic carbocycles. The number of amides is 1. The minimum absolute atomic E-state index is 0.196. The van der Waals surface area contributed by atoms with Gasteiger partial charge in [-0.25, -0.2) is 4.98 Å². The number of nitrogens with one attached hydrogen (secondary N) is 2. The lowest BCUT2D eigenvalue weighted by molar-refractivity contribution is 0.0966. The van der Waals surface area contributed by atoms with Crippen LogP contribution in [-0.4, -0.2) is 32.7 Å². The third kappa shape index (κ3) is 2.89. The van der Waals surface area contributed by atoms with Crippen LogP contribution in [0.1, 0.15) is 26.6 Å². The van der Waals surface area contributed by atoms with Crippen molar-refractivity contribution in [1.82, 2.24) is 25.1 Å². The van der Waals surface area contributed by atoms with Gasteiger partial charge in [-0.05, 0) is 25.0 Å². The van der Waals surface area contributed by atoms with E-state index >= 15 is 0 Å². The largest absolute Gasteiger partial charge is 0.354 e. The molecule has 0 aliphatic carbocycles. The number of H-pyrrole nitrogens is 1. The van der Waals surface area contributed by atoms with Crippen LogP contribution in [-0.2, 0) is 13.0 Å². The lowest BCUT2D eigenvalue weighted by Gasteiger charge is -2.02. The molecule has 0 saturated heterocycles. The Kier molecular flexibility index (Phi) is 3.99. The molecule has 0 fully saturated rings. The summed E-state index contributed by atoms with van der Waals surface area (Å²) < 4.78 is 1.81. The van der Waals surface area contributed by atoms with Crippen molar-refractivity contribution in [3.63, 3.8) is 0 Å². The third-order valence-electron chi connectivity index (χ3n) is 3.62. The number of carbonyl (C=O) groups excluding carboxylic acids is 1. The molecular weight excluding hydrogens is 314 g/mol. The number of rotatable bonds is 4. The molecule has 3 aromatic heterocycles. The van der Waals surface area contributed by atoms with Crippen LogP contribution in [0.2, 0.25) is 0 Å². The van der Waals surface area contributed by atoms with Crippen molar-refractivity contribution in [2.24, 2.45) is 0 Å². The van der Waals surface area contributed by atoms with Gasteiger partial charge in [0.2, 0.25) is 0 Å². The number of aromatic amines is 1. The van der Waals surface area contributed by atoms with E-state index in [0.717, 1.165) is 5.56 Å². The fourth-order valence-corrected chi connectivity index (χ4v) is 3.59. The summed E-state index contributed by atoms with van der Waals surface area (Å²) in [6, 6.07) is 0. The maximum atomic E-state index is 12.3. The summed E-state index contributed by atoms with van der Waals surface area (Å²) in [6.45, 7) is 4.38. The van der Waals surface area contributed by atoms with Crippen molar-refractivity contribution in [3.05, 3.63) is 44.6 Å². The van der Waals surface area contributed by atoms with Gasteiger partial charge in [-0.1, -0.05) is 0 Å². The van der Waals surface area contributed by atoms with Gasteiger partial charge in [0.05, 0.1) is 16.5 Å². The Morgan fingerprint density at radius 3 is 2.87 bits per heavy atom. The molecule has 0 spiro atoms. The van der Waals surface area contributed by atoms with Crippen LogP contribution >= 0.6 is 11.3 Å². The topological polar surface area (TPSA) is 92.7 Å². The van der Waals surface area contributed by atoms with Crippen LogP contribution in [0.5, 0.6) is 0 Å². The molecule has 3 aromatic rings. The van der Waals surface area contributed by atoms with Crippen molar-refractivity contribution in [3.8, 4) is 0 Å². The van der Waals surface area contributed by atoms with E-state index in [-0.39, 0.29) is 11.5 Å². The molecular formula is C15H17N5O2S. The van der Waals surface area contributed by atoms with Gasteiger partial charge >= 0.3 is 0 Å². The zero-order valence-electron chi connectivity index (χ0n) is 13.1. The number of hydrogen-bond acceptors (Lipinski definition) is 5. The minimum Gasteiger partial charge on any atom is -0.354 e. The number of carbonyl (C=O) groups is 1. The molecule has 120 valence electrons. The van der Waals surface area contributed by atoms with Gasteiger partial charge in [0.25, 0.3) is 11.5 Å². The molecule has 3 heterocycles. The van der Waals surface area contributed by atoms with Crippen LogP contribution in [0.15, 0.2) is 17.2 Å². The van der Waals surface area contributed by atoms with Crippen LogP contribution in [0.3, 0.4) is 0 Å². The summed E-state index contributed by atoms with van der Waals surface area (Å²) in [6.07, 6.45) is 4.30. The van der Waals surface area contributed by atoms with E-state index in [1.807, 2.05) is 17.8 Å². The van der Waals surface area contributed by atoms with E-state index in [9.17, 15) is 9.59 Å². The van der Waals surface area contributed by atoms with Gasteiger partial charge < -0.3 is 10.3 Å². The molecule has 8 heteroatoms. The van der Waals surface area contributed by atoms with Crippen LogP contribution < -0.4 is 10.9 Å². The van der Waals surface area contributed by atoms with Gasteiger partial charge in [0.1, 0.15) is 10.7 Å². The molecule has 0 saturated carbocycles.